The van der Waals surface area contributed by atoms with Gasteiger partial charge in [0.25, 0.3) is 10.2 Å². The Morgan fingerprint density at radius 3 is 2.63 bits per heavy atom. The van der Waals surface area contributed by atoms with Crippen LogP contribution in [0.3, 0.4) is 0 Å². The Kier molecular flexibility index (Phi) is 6.24. The monoisotopic (exact) mass is 287 g/mol. The van der Waals surface area contributed by atoms with E-state index in [0.717, 1.165) is 19.3 Å². The third-order valence-corrected chi connectivity index (χ3v) is 5.53. The van der Waals surface area contributed by atoms with Crippen LogP contribution in [0.25, 0.3) is 0 Å². The molecule has 1 saturated heterocycles. The number of nitrogens with zero attached hydrogens (tertiary/aromatic N) is 3. The number of piperidine rings is 1. The van der Waals surface area contributed by atoms with Gasteiger partial charge >= 0.3 is 0 Å². The molecule has 1 aliphatic rings. The Hall–Kier alpha value is -0.640. The lowest BCUT2D eigenvalue weighted by molar-refractivity contribution is 0.239. The zero-order valence-electron chi connectivity index (χ0n) is 12.2. The number of nitriles is 1. The molecule has 1 aliphatic heterocycles. The van der Waals surface area contributed by atoms with Crippen molar-refractivity contribution < 1.29 is 8.42 Å². The van der Waals surface area contributed by atoms with Gasteiger partial charge in [0.1, 0.15) is 0 Å². The smallest absolute Gasteiger partial charge is 0.198 e. The number of rotatable bonds is 6. The van der Waals surface area contributed by atoms with Gasteiger partial charge < -0.3 is 0 Å². The molecule has 5 nitrogen and oxygen atoms in total. The van der Waals surface area contributed by atoms with E-state index in [1.807, 2.05) is 26.8 Å². The third-order valence-electron chi connectivity index (χ3n) is 3.41. The molecule has 1 heterocycles. The van der Waals surface area contributed by atoms with E-state index in [-0.39, 0.29) is 18.4 Å². The molecule has 1 fully saturated rings. The van der Waals surface area contributed by atoms with Crippen LogP contribution < -0.4 is 0 Å². The quantitative estimate of drug-likeness (QED) is 0.750. The van der Waals surface area contributed by atoms with Crippen LogP contribution in [0.15, 0.2) is 0 Å². The maximum Gasteiger partial charge on any atom is 0.282 e. The second kappa shape index (κ2) is 7.22. The summed E-state index contributed by atoms with van der Waals surface area (Å²) in [6, 6.07) is 2.10. The van der Waals surface area contributed by atoms with Gasteiger partial charge in [0.05, 0.1) is 6.07 Å². The summed E-state index contributed by atoms with van der Waals surface area (Å²) in [4.78, 5) is 0. The van der Waals surface area contributed by atoms with E-state index in [2.05, 4.69) is 0 Å². The van der Waals surface area contributed by atoms with Gasteiger partial charge in [0.15, 0.2) is 0 Å². The van der Waals surface area contributed by atoms with Crippen LogP contribution in [0.5, 0.6) is 0 Å². The summed E-state index contributed by atoms with van der Waals surface area (Å²) in [5, 5.41) is 8.69. The number of hydrogen-bond acceptors (Lipinski definition) is 3. The van der Waals surface area contributed by atoms with E-state index in [4.69, 9.17) is 5.26 Å². The highest BCUT2D eigenvalue weighted by molar-refractivity contribution is 7.86. The van der Waals surface area contributed by atoms with Gasteiger partial charge in [0.2, 0.25) is 0 Å². The Balaban J connectivity index is 2.87. The fourth-order valence-electron chi connectivity index (χ4n) is 2.45. The van der Waals surface area contributed by atoms with Gasteiger partial charge in [-0.3, -0.25) is 0 Å². The van der Waals surface area contributed by atoms with Crippen LogP contribution in [0.2, 0.25) is 0 Å². The largest absolute Gasteiger partial charge is 0.282 e. The third kappa shape index (κ3) is 4.44. The molecule has 0 saturated carbocycles. The molecule has 0 aromatic carbocycles. The minimum absolute atomic E-state index is 0.0653. The molecule has 0 radical (unpaired) electrons. The highest BCUT2D eigenvalue weighted by atomic mass is 32.2. The first-order chi connectivity index (χ1) is 8.89. The van der Waals surface area contributed by atoms with Crippen molar-refractivity contribution in [1.29, 1.82) is 5.26 Å². The van der Waals surface area contributed by atoms with E-state index < -0.39 is 10.2 Å². The van der Waals surface area contributed by atoms with Crippen molar-refractivity contribution >= 4 is 10.2 Å². The van der Waals surface area contributed by atoms with Crippen molar-refractivity contribution in [2.75, 3.05) is 19.6 Å². The van der Waals surface area contributed by atoms with Crippen molar-refractivity contribution in [3.8, 4) is 6.07 Å². The Bertz CT molecular complexity index is 414. The lowest BCUT2D eigenvalue weighted by atomic mass is 10.1. The average Bonchev–Trinajstić information content (AvgIpc) is 2.34. The molecule has 0 bridgehead atoms. The minimum atomic E-state index is -3.43. The summed E-state index contributed by atoms with van der Waals surface area (Å²) in [5.41, 5.74) is 0. The van der Waals surface area contributed by atoms with E-state index in [0.29, 0.717) is 19.6 Å². The summed E-state index contributed by atoms with van der Waals surface area (Å²) >= 11 is 0. The SMILES string of the molecule is CC(C)CN(CCC#N)S(=O)(=O)N1CCCCC1C. The first kappa shape index (κ1) is 16.4. The van der Waals surface area contributed by atoms with Crippen LogP contribution >= 0.6 is 0 Å². The summed E-state index contributed by atoms with van der Waals surface area (Å²) in [5.74, 6) is 0.258. The first-order valence-corrected chi connectivity index (χ1v) is 8.43. The van der Waals surface area contributed by atoms with Gasteiger partial charge in [-0.05, 0) is 25.7 Å². The summed E-state index contributed by atoms with van der Waals surface area (Å²) in [6.07, 6.45) is 3.19. The van der Waals surface area contributed by atoms with E-state index in [9.17, 15) is 8.42 Å². The molecule has 0 amide bonds. The molecule has 0 aromatic rings. The predicted octanol–water partition coefficient (Wildman–Crippen LogP) is 1.98. The van der Waals surface area contributed by atoms with Crippen molar-refractivity contribution in [1.82, 2.24) is 8.61 Å². The zero-order valence-corrected chi connectivity index (χ0v) is 13.0. The fraction of sp³-hybridized carbons (Fsp3) is 0.923. The molecule has 6 heteroatoms. The Morgan fingerprint density at radius 1 is 1.42 bits per heavy atom. The highest BCUT2D eigenvalue weighted by Crippen LogP contribution is 2.23. The molecular formula is C13H25N3O2S. The van der Waals surface area contributed by atoms with E-state index in [1.54, 1.807) is 4.31 Å². The van der Waals surface area contributed by atoms with Gasteiger partial charge in [-0.15, -0.1) is 0 Å². The van der Waals surface area contributed by atoms with Crippen LogP contribution in [0.4, 0.5) is 0 Å². The fourth-order valence-corrected chi connectivity index (χ4v) is 4.47. The van der Waals surface area contributed by atoms with E-state index in [1.165, 1.54) is 4.31 Å². The Morgan fingerprint density at radius 2 is 2.11 bits per heavy atom. The molecule has 19 heavy (non-hydrogen) atoms. The lowest BCUT2D eigenvalue weighted by Gasteiger charge is -2.36. The van der Waals surface area contributed by atoms with Crippen molar-refractivity contribution in [3.63, 3.8) is 0 Å². The molecule has 0 aromatic heterocycles. The second-order valence-corrected chi connectivity index (χ2v) is 7.50. The zero-order chi connectivity index (χ0) is 14.5. The summed E-state index contributed by atoms with van der Waals surface area (Å²) < 4.78 is 28.4. The second-order valence-electron chi connectivity index (χ2n) is 5.62. The molecule has 110 valence electrons. The van der Waals surface area contributed by atoms with Gasteiger partial charge in [-0.1, -0.05) is 20.3 Å². The lowest BCUT2D eigenvalue weighted by Crippen LogP contribution is -2.50. The summed E-state index contributed by atoms with van der Waals surface area (Å²) in [7, 11) is -3.43. The van der Waals surface area contributed by atoms with Crippen molar-refractivity contribution in [3.05, 3.63) is 0 Å². The predicted molar refractivity (Wildman–Crippen MR) is 75.6 cm³/mol. The highest BCUT2D eigenvalue weighted by Gasteiger charge is 2.34. The van der Waals surface area contributed by atoms with Crippen molar-refractivity contribution in [2.24, 2.45) is 5.92 Å². The molecule has 1 atom stereocenters. The minimum Gasteiger partial charge on any atom is -0.198 e. The molecule has 0 spiro atoms. The maximum absolute atomic E-state index is 12.7. The molecule has 0 N–H and O–H groups in total. The van der Waals surface area contributed by atoms with Crippen molar-refractivity contribution in [2.45, 2.75) is 52.5 Å². The molecular weight excluding hydrogens is 262 g/mol. The average molecular weight is 287 g/mol. The van der Waals surface area contributed by atoms with Gasteiger partial charge in [-0.25, -0.2) is 0 Å². The van der Waals surface area contributed by atoms with Gasteiger partial charge in [-0.2, -0.15) is 22.3 Å². The number of hydrogen-bond donors (Lipinski definition) is 0. The Labute approximate surface area is 117 Å². The first-order valence-electron chi connectivity index (χ1n) is 7.03. The molecule has 1 rings (SSSR count). The van der Waals surface area contributed by atoms with E-state index >= 15 is 0 Å². The van der Waals surface area contributed by atoms with Crippen LogP contribution in [-0.4, -0.2) is 42.7 Å². The van der Waals surface area contributed by atoms with Gasteiger partial charge in [0, 0.05) is 32.1 Å². The topological polar surface area (TPSA) is 64.4 Å². The van der Waals surface area contributed by atoms with Crippen LogP contribution in [0.1, 0.15) is 46.5 Å². The molecule has 0 aliphatic carbocycles. The van der Waals surface area contributed by atoms with Crippen LogP contribution in [0, 0.1) is 17.2 Å². The normalized spacial score (nSPS) is 21.8. The maximum atomic E-state index is 12.7. The molecule has 1 unspecified atom stereocenters. The summed E-state index contributed by atoms with van der Waals surface area (Å²) in [6.45, 7) is 7.33. The van der Waals surface area contributed by atoms with Crippen LogP contribution in [-0.2, 0) is 10.2 Å². The standard InChI is InChI=1S/C13H25N3O2S/c1-12(2)11-15(9-6-8-14)19(17,18)16-10-5-4-7-13(16)3/h12-13H,4-7,9-11H2,1-3H3.